The zero-order valence-corrected chi connectivity index (χ0v) is 17.1. The monoisotopic (exact) mass is 395 g/mol. The minimum Gasteiger partial charge on any atom is -0.369 e. The number of carbonyl (C=O) groups is 1. The maximum absolute atomic E-state index is 12.1. The van der Waals surface area contributed by atoms with E-state index >= 15 is 0 Å². The average molecular weight is 396 g/mol. The number of nitrogens with one attached hydrogen (secondary N) is 2. The molecule has 2 heterocycles. The minimum atomic E-state index is -0.0945. The first-order valence-corrected chi connectivity index (χ1v) is 10.2. The third-order valence-corrected chi connectivity index (χ3v) is 4.85. The Labute approximate surface area is 171 Å². The van der Waals surface area contributed by atoms with Crippen molar-refractivity contribution >= 4 is 17.4 Å². The molecule has 0 bridgehead atoms. The van der Waals surface area contributed by atoms with Crippen LogP contribution in [0.3, 0.4) is 0 Å². The van der Waals surface area contributed by atoms with E-state index in [4.69, 9.17) is 0 Å². The molecule has 1 aromatic carbocycles. The zero-order valence-electron chi connectivity index (χ0n) is 17.1. The first kappa shape index (κ1) is 20.7. The number of rotatable bonds is 11. The molecule has 2 N–H and O–H groups in total. The molecular formula is C21H29N7O. The largest absolute Gasteiger partial charge is 0.369 e. The van der Waals surface area contributed by atoms with Gasteiger partial charge >= 0.3 is 0 Å². The van der Waals surface area contributed by atoms with Crippen LogP contribution in [0.5, 0.6) is 0 Å². The van der Waals surface area contributed by atoms with Gasteiger partial charge in [0.15, 0.2) is 11.5 Å². The lowest BCUT2D eigenvalue weighted by molar-refractivity contribution is 0.0954. The Hall–Kier alpha value is -3.00. The SMILES string of the molecule is CCN(CC)CCCNc1ccc2nnc(CCNC(=O)c3ccccc3)n2n1. The van der Waals surface area contributed by atoms with E-state index in [0.717, 1.165) is 44.2 Å². The van der Waals surface area contributed by atoms with E-state index in [1.54, 1.807) is 16.6 Å². The zero-order chi connectivity index (χ0) is 20.5. The molecule has 0 spiro atoms. The van der Waals surface area contributed by atoms with E-state index in [2.05, 4.69) is 44.7 Å². The van der Waals surface area contributed by atoms with Crippen LogP contribution in [0.25, 0.3) is 5.65 Å². The first-order chi connectivity index (χ1) is 14.2. The number of hydrogen-bond acceptors (Lipinski definition) is 6. The Morgan fingerprint density at radius 1 is 1.03 bits per heavy atom. The third-order valence-electron chi connectivity index (χ3n) is 4.85. The Balaban J connectivity index is 1.53. The summed E-state index contributed by atoms with van der Waals surface area (Å²) in [5, 5.41) is 19.3. The van der Waals surface area contributed by atoms with Crippen LogP contribution < -0.4 is 10.6 Å². The molecule has 2 aromatic heterocycles. The van der Waals surface area contributed by atoms with Gasteiger partial charge in [-0.25, -0.2) is 0 Å². The van der Waals surface area contributed by atoms with Crippen LogP contribution in [0.15, 0.2) is 42.5 Å². The molecule has 0 aliphatic heterocycles. The van der Waals surface area contributed by atoms with Gasteiger partial charge in [-0.1, -0.05) is 32.0 Å². The molecule has 0 fully saturated rings. The smallest absolute Gasteiger partial charge is 0.251 e. The van der Waals surface area contributed by atoms with E-state index in [9.17, 15) is 4.79 Å². The normalized spacial score (nSPS) is 11.1. The number of amides is 1. The van der Waals surface area contributed by atoms with Crippen LogP contribution in [0.1, 0.15) is 36.5 Å². The predicted molar refractivity (Wildman–Crippen MR) is 114 cm³/mol. The summed E-state index contributed by atoms with van der Waals surface area (Å²) in [6.45, 7) is 8.92. The van der Waals surface area contributed by atoms with Crippen molar-refractivity contribution in [2.75, 3.05) is 38.0 Å². The molecule has 8 heteroatoms. The highest BCUT2D eigenvalue weighted by atomic mass is 16.1. The maximum atomic E-state index is 12.1. The molecule has 3 rings (SSSR count). The average Bonchev–Trinajstić information content (AvgIpc) is 3.16. The van der Waals surface area contributed by atoms with E-state index in [0.29, 0.717) is 24.2 Å². The fourth-order valence-electron chi connectivity index (χ4n) is 3.12. The van der Waals surface area contributed by atoms with Crippen molar-refractivity contribution in [3.63, 3.8) is 0 Å². The summed E-state index contributed by atoms with van der Waals surface area (Å²) >= 11 is 0. The molecule has 0 radical (unpaired) electrons. The molecule has 3 aromatic rings. The molecule has 154 valence electrons. The third kappa shape index (κ3) is 5.74. The van der Waals surface area contributed by atoms with Crippen molar-refractivity contribution in [1.82, 2.24) is 30.0 Å². The van der Waals surface area contributed by atoms with Crippen molar-refractivity contribution < 1.29 is 4.79 Å². The number of hydrogen-bond donors (Lipinski definition) is 2. The molecular weight excluding hydrogens is 366 g/mol. The van der Waals surface area contributed by atoms with Crippen LogP contribution in [-0.2, 0) is 6.42 Å². The van der Waals surface area contributed by atoms with Crippen molar-refractivity contribution in [2.24, 2.45) is 0 Å². The van der Waals surface area contributed by atoms with E-state index in [1.807, 2.05) is 30.3 Å². The molecule has 0 unspecified atom stereocenters. The van der Waals surface area contributed by atoms with Crippen LogP contribution in [-0.4, -0.2) is 63.3 Å². The summed E-state index contributed by atoms with van der Waals surface area (Å²) in [5.74, 6) is 1.43. The number of carbonyl (C=O) groups excluding carboxylic acids is 1. The van der Waals surface area contributed by atoms with Crippen molar-refractivity contribution in [1.29, 1.82) is 0 Å². The maximum Gasteiger partial charge on any atom is 0.251 e. The molecule has 0 saturated heterocycles. The Kier molecular flexibility index (Phi) is 7.52. The molecule has 1 amide bonds. The van der Waals surface area contributed by atoms with Crippen LogP contribution in [0.4, 0.5) is 5.82 Å². The molecule has 8 nitrogen and oxygen atoms in total. The second kappa shape index (κ2) is 10.5. The van der Waals surface area contributed by atoms with Gasteiger partial charge in [-0.3, -0.25) is 4.79 Å². The van der Waals surface area contributed by atoms with Gasteiger partial charge in [0.25, 0.3) is 5.91 Å². The van der Waals surface area contributed by atoms with Crippen LogP contribution >= 0.6 is 0 Å². The highest BCUT2D eigenvalue weighted by molar-refractivity contribution is 5.94. The molecule has 0 atom stereocenters. The lowest BCUT2D eigenvalue weighted by Gasteiger charge is -2.17. The van der Waals surface area contributed by atoms with Gasteiger partial charge in [-0.15, -0.1) is 15.3 Å². The number of fused-ring (bicyclic) bond motifs is 1. The second-order valence-corrected chi connectivity index (χ2v) is 6.78. The standard InChI is InChI=1S/C21H29N7O/c1-3-27(4-2)16-8-14-22-18-11-12-19-24-25-20(28(19)26-18)13-15-23-21(29)17-9-6-5-7-10-17/h5-7,9-12H,3-4,8,13-16H2,1-2H3,(H,22,26)(H,23,29). The van der Waals surface area contributed by atoms with Gasteiger partial charge in [0.2, 0.25) is 0 Å². The fourth-order valence-corrected chi connectivity index (χ4v) is 3.12. The topological polar surface area (TPSA) is 87.5 Å². The minimum absolute atomic E-state index is 0.0945. The molecule has 0 aliphatic rings. The van der Waals surface area contributed by atoms with Gasteiger partial charge in [0.1, 0.15) is 5.82 Å². The van der Waals surface area contributed by atoms with Crippen molar-refractivity contribution in [3.8, 4) is 0 Å². The van der Waals surface area contributed by atoms with E-state index < -0.39 is 0 Å². The number of benzene rings is 1. The van der Waals surface area contributed by atoms with Crippen LogP contribution in [0.2, 0.25) is 0 Å². The van der Waals surface area contributed by atoms with Gasteiger partial charge in [-0.05, 0) is 50.3 Å². The first-order valence-electron chi connectivity index (χ1n) is 10.2. The van der Waals surface area contributed by atoms with Gasteiger partial charge in [0, 0.05) is 25.1 Å². The molecule has 0 aliphatic carbocycles. The Morgan fingerprint density at radius 3 is 2.59 bits per heavy atom. The second-order valence-electron chi connectivity index (χ2n) is 6.78. The summed E-state index contributed by atoms with van der Waals surface area (Å²) in [5.41, 5.74) is 1.34. The summed E-state index contributed by atoms with van der Waals surface area (Å²) in [6, 6.07) is 13.0. The van der Waals surface area contributed by atoms with Gasteiger partial charge in [0.05, 0.1) is 0 Å². The predicted octanol–water partition coefficient (Wildman–Crippen LogP) is 2.24. The lowest BCUT2D eigenvalue weighted by atomic mass is 10.2. The van der Waals surface area contributed by atoms with Crippen LogP contribution in [0, 0.1) is 0 Å². The van der Waals surface area contributed by atoms with Gasteiger partial charge < -0.3 is 15.5 Å². The quantitative estimate of drug-likeness (QED) is 0.484. The number of anilines is 1. The Bertz CT molecular complexity index is 906. The summed E-state index contributed by atoms with van der Waals surface area (Å²) in [7, 11) is 0. The fraction of sp³-hybridized carbons (Fsp3) is 0.429. The number of nitrogens with zero attached hydrogens (tertiary/aromatic N) is 5. The van der Waals surface area contributed by atoms with Crippen molar-refractivity contribution in [2.45, 2.75) is 26.7 Å². The van der Waals surface area contributed by atoms with Crippen molar-refractivity contribution in [3.05, 3.63) is 53.9 Å². The summed E-state index contributed by atoms with van der Waals surface area (Å²) in [4.78, 5) is 14.5. The Morgan fingerprint density at radius 2 is 1.83 bits per heavy atom. The summed E-state index contributed by atoms with van der Waals surface area (Å²) < 4.78 is 1.74. The highest BCUT2D eigenvalue weighted by Crippen LogP contribution is 2.08. The van der Waals surface area contributed by atoms with E-state index in [-0.39, 0.29) is 5.91 Å². The lowest BCUT2D eigenvalue weighted by Crippen LogP contribution is -2.26. The summed E-state index contributed by atoms with van der Waals surface area (Å²) in [6.07, 6.45) is 1.61. The number of aromatic nitrogens is 4. The van der Waals surface area contributed by atoms with E-state index in [1.165, 1.54) is 0 Å². The molecule has 29 heavy (non-hydrogen) atoms. The highest BCUT2D eigenvalue weighted by Gasteiger charge is 2.09. The molecule has 0 saturated carbocycles. The van der Waals surface area contributed by atoms with Gasteiger partial charge in [-0.2, -0.15) is 4.52 Å².